The maximum atomic E-state index is 5.81. The predicted molar refractivity (Wildman–Crippen MR) is 99.0 cm³/mol. The summed E-state index contributed by atoms with van der Waals surface area (Å²) in [6, 6.07) is 7.75. The Bertz CT molecular complexity index is 446. The van der Waals surface area contributed by atoms with Gasteiger partial charge in [-0.15, -0.1) is 24.0 Å². The predicted octanol–water partition coefficient (Wildman–Crippen LogP) is 3.54. The molecule has 0 aliphatic rings. The molecule has 1 atom stereocenters. The molecule has 0 saturated heterocycles. The molecule has 0 heterocycles. The number of nitrogens with one attached hydrogen (secondary N) is 1. The molecule has 1 aromatic carbocycles. The Hall–Kier alpha value is -0.500. The Balaban J connectivity index is 0.00000361. The highest BCUT2D eigenvalue weighted by molar-refractivity contribution is 14.0. The Morgan fingerprint density at radius 2 is 2.00 bits per heavy atom. The molecule has 0 amide bonds. The first-order valence-corrected chi connectivity index (χ1v) is 7.06. The number of halogens is 2. The first-order valence-electron chi connectivity index (χ1n) is 6.27. The molecule has 6 heteroatoms. The van der Waals surface area contributed by atoms with Crippen LogP contribution in [0.2, 0.25) is 0 Å². The summed E-state index contributed by atoms with van der Waals surface area (Å²) in [5.74, 6) is 1.25. The zero-order valence-electron chi connectivity index (χ0n) is 12.3. The molecule has 1 aromatic rings. The third kappa shape index (κ3) is 7.94. The lowest BCUT2D eigenvalue weighted by Crippen LogP contribution is -2.45. The van der Waals surface area contributed by atoms with Crippen LogP contribution < -0.4 is 15.8 Å². The highest BCUT2D eigenvalue weighted by Gasteiger charge is 2.11. The van der Waals surface area contributed by atoms with Crippen LogP contribution in [-0.4, -0.2) is 24.1 Å². The summed E-state index contributed by atoms with van der Waals surface area (Å²) >= 11 is 3.45. The molecule has 0 radical (unpaired) electrons. The molecular formula is C14H23BrIN3O. The third-order valence-electron chi connectivity index (χ3n) is 2.19. The number of ether oxygens (including phenoxy) is 1. The molecule has 0 saturated carbocycles. The van der Waals surface area contributed by atoms with Crippen LogP contribution in [0, 0.1) is 0 Å². The van der Waals surface area contributed by atoms with Crippen LogP contribution in [0.15, 0.2) is 33.7 Å². The van der Waals surface area contributed by atoms with Gasteiger partial charge in [0.1, 0.15) is 11.9 Å². The second-order valence-electron chi connectivity index (χ2n) is 5.46. The van der Waals surface area contributed by atoms with Crippen molar-refractivity contribution >= 4 is 45.9 Å². The summed E-state index contributed by atoms with van der Waals surface area (Å²) in [5.41, 5.74) is 5.72. The van der Waals surface area contributed by atoms with Crippen molar-refractivity contribution in [3.05, 3.63) is 28.7 Å². The van der Waals surface area contributed by atoms with Crippen LogP contribution >= 0.6 is 39.9 Å². The van der Waals surface area contributed by atoms with Gasteiger partial charge in [0.15, 0.2) is 5.96 Å². The first kappa shape index (κ1) is 19.5. The number of guanidine groups is 1. The van der Waals surface area contributed by atoms with Gasteiger partial charge in [-0.25, -0.2) is 4.99 Å². The molecule has 20 heavy (non-hydrogen) atoms. The fourth-order valence-corrected chi connectivity index (χ4v) is 1.82. The summed E-state index contributed by atoms with van der Waals surface area (Å²) in [6.45, 7) is 8.59. The lowest BCUT2D eigenvalue weighted by atomic mass is 10.1. The van der Waals surface area contributed by atoms with Crippen LogP contribution in [0.1, 0.15) is 27.7 Å². The van der Waals surface area contributed by atoms with Crippen LogP contribution in [0.3, 0.4) is 0 Å². The summed E-state index contributed by atoms with van der Waals surface area (Å²) < 4.78 is 6.73. The first-order chi connectivity index (χ1) is 8.78. The van der Waals surface area contributed by atoms with Gasteiger partial charge >= 0.3 is 0 Å². The van der Waals surface area contributed by atoms with Crippen molar-refractivity contribution in [2.24, 2.45) is 10.7 Å². The van der Waals surface area contributed by atoms with E-state index >= 15 is 0 Å². The van der Waals surface area contributed by atoms with E-state index in [1.807, 2.05) is 52.0 Å². The van der Waals surface area contributed by atoms with E-state index in [1.54, 1.807) is 0 Å². The van der Waals surface area contributed by atoms with E-state index in [0.717, 1.165) is 10.2 Å². The molecule has 4 nitrogen and oxygen atoms in total. The summed E-state index contributed by atoms with van der Waals surface area (Å²) in [6.07, 6.45) is -0.0426. The summed E-state index contributed by atoms with van der Waals surface area (Å²) in [7, 11) is 0. The molecule has 0 bridgehead atoms. The zero-order valence-corrected chi connectivity index (χ0v) is 16.2. The number of hydrogen-bond acceptors (Lipinski definition) is 2. The van der Waals surface area contributed by atoms with Crippen LogP contribution in [-0.2, 0) is 0 Å². The van der Waals surface area contributed by atoms with Crippen LogP contribution in [0.5, 0.6) is 5.75 Å². The average molecular weight is 456 g/mol. The van der Waals surface area contributed by atoms with Gasteiger partial charge in [0, 0.05) is 5.54 Å². The number of rotatable bonds is 4. The van der Waals surface area contributed by atoms with Crippen molar-refractivity contribution < 1.29 is 4.74 Å². The number of nitrogens with two attached hydrogens (primary N) is 1. The minimum atomic E-state index is -0.0832. The van der Waals surface area contributed by atoms with Crippen molar-refractivity contribution in [1.82, 2.24) is 5.32 Å². The lowest BCUT2D eigenvalue weighted by Gasteiger charge is -2.21. The maximum absolute atomic E-state index is 5.81. The molecular weight excluding hydrogens is 433 g/mol. The molecule has 1 unspecified atom stereocenters. The van der Waals surface area contributed by atoms with E-state index in [9.17, 15) is 0 Å². The van der Waals surface area contributed by atoms with Gasteiger partial charge in [-0.2, -0.15) is 0 Å². The van der Waals surface area contributed by atoms with Crippen molar-refractivity contribution in [1.29, 1.82) is 0 Å². The number of nitrogens with zero attached hydrogens (tertiary/aromatic N) is 1. The zero-order chi connectivity index (χ0) is 14.5. The van der Waals surface area contributed by atoms with Crippen molar-refractivity contribution in [2.75, 3.05) is 6.54 Å². The highest BCUT2D eigenvalue weighted by Crippen LogP contribution is 2.24. The number of benzene rings is 1. The van der Waals surface area contributed by atoms with E-state index in [0.29, 0.717) is 12.5 Å². The van der Waals surface area contributed by atoms with Crippen molar-refractivity contribution in [3.8, 4) is 5.75 Å². The quantitative estimate of drug-likeness (QED) is 0.414. The lowest BCUT2D eigenvalue weighted by molar-refractivity contribution is 0.228. The topological polar surface area (TPSA) is 59.6 Å². The van der Waals surface area contributed by atoms with Gasteiger partial charge in [0.05, 0.1) is 11.0 Å². The van der Waals surface area contributed by atoms with Gasteiger partial charge in [-0.05, 0) is 55.8 Å². The van der Waals surface area contributed by atoms with Crippen molar-refractivity contribution in [2.45, 2.75) is 39.3 Å². The van der Waals surface area contributed by atoms with Gasteiger partial charge in [-0.1, -0.05) is 12.1 Å². The monoisotopic (exact) mass is 455 g/mol. The van der Waals surface area contributed by atoms with Gasteiger partial charge in [0.25, 0.3) is 0 Å². The fourth-order valence-electron chi connectivity index (χ4n) is 1.44. The second-order valence-corrected chi connectivity index (χ2v) is 6.31. The normalized spacial score (nSPS) is 13.3. The third-order valence-corrected chi connectivity index (χ3v) is 2.84. The van der Waals surface area contributed by atoms with Crippen molar-refractivity contribution in [3.63, 3.8) is 0 Å². The van der Waals surface area contributed by atoms with E-state index < -0.39 is 0 Å². The number of aliphatic imine (C=N–C) groups is 1. The summed E-state index contributed by atoms with van der Waals surface area (Å²) in [4.78, 5) is 4.28. The van der Waals surface area contributed by atoms with Crippen LogP contribution in [0.25, 0.3) is 0 Å². The van der Waals surface area contributed by atoms with Gasteiger partial charge in [-0.3, -0.25) is 0 Å². The standard InChI is InChI=1S/C14H22BrN3O.HI/c1-10(9-17-13(16)18-14(2,3)4)19-12-8-6-5-7-11(12)15;/h5-8,10H,9H2,1-4H3,(H3,16,17,18);1H. The largest absolute Gasteiger partial charge is 0.488 e. The molecule has 0 spiro atoms. The van der Waals surface area contributed by atoms with E-state index in [1.165, 1.54) is 0 Å². The van der Waals surface area contributed by atoms with Crippen LogP contribution in [0.4, 0.5) is 0 Å². The smallest absolute Gasteiger partial charge is 0.189 e. The second kappa shape index (κ2) is 8.71. The van der Waals surface area contributed by atoms with E-state index in [2.05, 4.69) is 26.2 Å². The summed E-state index contributed by atoms with van der Waals surface area (Å²) in [5, 5.41) is 3.11. The van der Waals surface area contributed by atoms with E-state index in [4.69, 9.17) is 10.5 Å². The molecule has 0 aliphatic carbocycles. The SMILES string of the molecule is CC(CN=C(N)NC(C)(C)C)Oc1ccccc1Br.I. The Morgan fingerprint density at radius 3 is 2.55 bits per heavy atom. The molecule has 3 N–H and O–H groups in total. The minimum Gasteiger partial charge on any atom is -0.488 e. The number of para-hydroxylation sites is 1. The van der Waals surface area contributed by atoms with Gasteiger partial charge < -0.3 is 15.8 Å². The van der Waals surface area contributed by atoms with Gasteiger partial charge in [0.2, 0.25) is 0 Å². The van der Waals surface area contributed by atoms with E-state index in [-0.39, 0.29) is 35.6 Å². The minimum absolute atomic E-state index is 0. The Labute approximate surface area is 146 Å². The maximum Gasteiger partial charge on any atom is 0.189 e. The Morgan fingerprint density at radius 1 is 1.40 bits per heavy atom. The molecule has 0 aliphatic heterocycles. The molecule has 1 rings (SSSR count). The average Bonchev–Trinajstić information content (AvgIpc) is 2.27. The number of hydrogen-bond donors (Lipinski definition) is 2. The molecule has 0 aromatic heterocycles. The fraction of sp³-hybridized carbons (Fsp3) is 0.500. The molecule has 114 valence electrons. The highest BCUT2D eigenvalue weighted by atomic mass is 127. The molecule has 0 fully saturated rings. The Kier molecular flexibility index (Phi) is 8.50.